The molecule has 0 unspecified atom stereocenters. The van der Waals surface area contributed by atoms with Crippen molar-refractivity contribution in [1.29, 1.82) is 0 Å². The highest BCUT2D eigenvalue weighted by atomic mass is 16.5. The Morgan fingerprint density at radius 1 is 1.03 bits per heavy atom. The van der Waals surface area contributed by atoms with Gasteiger partial charge in [-0.1, -0.05) is 44.2 Å². The van der Waals surface area contributed by atoms with E-state index in [-0.39, 0.29) is 12.0 Å². The van der Waals surface area contributed by atoms with Crippen molar-refractivity contribution in [2.75, 3.05) is 37.8 Å². The second kappa shape index (κ2) is 9.49. The molecule has 190 valence electrons. The molecule has 6 rings (SSSR count). The largest absolute Gasteiger partial charge is 0.452 e. The SMILES string of the molecule is CC(C)(CO)Cn1cc(-c2cc3nc(-n4ccc(-c5ccccc5)n4)cc(N4CCOCC4)c3o2)cn1. The average Bonchev–Trinajstić information content (AvgIpc) is 3.68. The van der Waals surface area contributed by atoms with Crippen molar-refractivity contribution in [3.05, 3.63) is 67.1 Å². The van der Waals surface area contributed by atoms with Gasteiger partial charge in [0, 0.05) is 61.7 Å². The Morgan fingerprint density at radius 2 is 1.84 bits per heavy atom. The highest BCUT2D eigenvalue weighted by Gasteiger charge is 2.22. The van der Waals surface area contributed by atoms with Crippen LogP contribution >= 0.6 is 0 Å². The van der Waals surface area contributed by atoms with Gasteiger partial charge in [-0.15, -0.1) is 0 Å². The Kier molecular flexibility index (Phi) is 6.02. The molecule has 0 spiro atoms. The number of morpholine rings is 1. The summed E-state index contributed by atoms with van der Waals surface area (Å²) in [6.45, 7) is 7.59. The van der Waals surface area contributed by atoms with Gasteiger partial charge in [0.15, 0.2) is 11.4 Å². The normalized spacial score (nSPS) is 14.5. The smallest absolute Gasteiger partial charge is 0.176 e. The number of furan rings is 1. The molecule has 9 nitrogen and oxygen atoms in total. The first-order chi connectivity index (χ1) is 18.0. The zero-order chi connectivity index (χ0) is 25.4. The molecule has 1 aromatic carbocycles. The molecule has 1 aliphatic heterocycles. The number of aromatic nitrogens is 5. The lowest BCUT2D eigenvalue weighted by atomic mass is 9.95. The third-order valence-electron chi connectivity index (χ3n) is 6.63. The summed E-state index contributed by atoms with van der Waals surface area (Å²) in [7, 11) is 0. The van der Waals surface area contributed by atoms with Crippen molar-refractivity contribution in [3.8, 4) is 28.4 Å². The highest BCUT2D eigenvalue weighted by molar-refractivity contribution is 5.91. The van der Waals surface area contributed by atoms with E-state index in [1.54, 1.807) is 6.20 Å². The fourth-order valence-electron chi connectivity index (χ4n) is 4.57. The van der Waals surface area contributed by atoms with Gasteiger partial charge in [-0.3, -0.25) is 4.68 Å². The van der Waals surface area contributed by atoms with E-state index in [2.05, 4.69) is 10.00 Å². The van der Waals surface area contributed by atoms with Gasteiger partial charge in [0.25, 0.3) is 0 Å². The van der Waals surface area contributed by atoms with Crippen molar-refractivity contribution in [2.45, 2.75) is 20.4 Å². The molecule has 0 amide bonds. The van der Waals surface area contributed by atoms with E-state index in [1.807, 2.05) is 84.1 Å². The minimum atomic E-state index is -0.264. The van der Waals surface area contributed by atoms with Crippen molar-refractivity contribution in [3.63, 3.8) is 0 Å². The second-order valence-corrected chi connectivity index (χ2v) is 10.2. The van der Waals surface area contributed by atoms with Crippen LogP contribution < -0.4 is 4.90 Å². The van der Waals surface area contributed by atoms with Gasteiger partial charge in [-0.05, 0) is 6.07 Å². The first kappa shape index (κ1) is 23.4. The zero-order valence-corrected chi connectivity index (χ0v) is 21.0. The van der Waals surface area contributed by atoms with Gasteiger partial charge in [0.1, 0.15) is 11.3 Å². The van der Waals surface area contributed by atoms with Gasteiger partial charge in [-0.2, -0.15) is 10.2 Å². The lowest BCUT2D eigenvalue weighted by Gasteiger charge is -2.28. The van der Waals surface area contributed by atoms with Crippen LogP contribution in [-0.4, -0.2) is 62.6 Å². The fourth-order valence-corrected chi connectivity index (χ4v) is 4.57. The Morgan fingerprint density at radius 3 is 2.62 bits per heavy atom. The quantitative estimate of drug-likeness (QED) is 0.355. The van der Waals surface area contributed by atoms with Crippen LogP contribution in [0.1, 0.15) is 13.8 Å². The Balaban J connectivity index is 1.40. The number of rotatable bonds is 7. The topological polar surface area (TPSA) is 94.4 Å². The maximum atomic E-state index is 9.63. The average molecular weight is 499 g/mol. The van der Waals surface area contributed by atoms with Gasteiger partial charge in [-0.25, -0.2) is 9.67 Å². The number of pyridine rings is 1. The van der Waals surface area contributed by atoms with Crippen LogP contribution in [0.3, 0.4) is 0 Å². The van der Waals surface area contributed by atoms with Crippen molar-refractivity contribution in [2.24, 2.45) is 5.41 Å². The maximum Gasteiger partial charge on any atom is 0.176 e. The zero-order valence-electron chi connectivity index (χ0n) is 21.0. The first-order valence-electron chi connectivity index (χ1n) is 12.5. The standard InChI is InChI=1S/C28H30N6O3/c1-28(2,19-35)18-33-17-21(16-29-33)25-14-23-27(37-25)24(32-10-12-36-13-11-32)15-26(30-23)34-9-8-22(31-34)20-6-4-3-5-7-20/h3-9,14-17,35H,10-13,18-19H2,1-2H3. The van der Waals surface area contributed by atoms with Gasteiger partial charge in [0.2, 0.25) is 0 Å². The van der Waals surface area contributed by atoms with Crippen LogP contribution in [-0.2, 0) is 11.3 Å². The van der Waals surface area contributed by atoms with Crippen molar-refractivity contribution >= 4 is 16.8 Å². The lowest BCUT2D eigenvalue weighted by Crippen LogP contribution is -2.36. The first-order valence-corrected chi connectivity index (χ1v) is 12.5. The molecule has 4 aromatic heterocycles. The fraction of sp³-hybridized carbons (Fsp3) is 0.321. The molecular formula is C28H30N6O3. The summed E-state index contributed by atoms with van der Waals surface area (Å²) < 4.78 is 15.6. The van der Waals surface area contributed by atoms with E-state index in [9.17, 15) is 5.11 Å². The lowest BCUT2D eigenvalue weighted by molar-refractivity contribution is 0.122. The number of nitrogens with zero attached hydrogens (tertiary/aromatic N) is 6. The number of hydrogen-bond donors (Lipinski definition) is 1. The van der Waals surface area contributed by atoms with E-state index in [0.717, 1.165) is 52.5 Å². The molecule has 0 aliphatic carbocycles. The van der Waals surface area contributed by atoms with Crippen LogP contribution in [0.15, 0.2) is 71.5 Å². The second-order valence-electron chi connectivity index (χ2n) is 10.2. The third kappa shape index (κ3) is 4.75. The molecule has 0 radical (unpaired) electrons. The number of benzene rings is 1. The van der Waals surface area contributed by atoms with Crippen molar-refractivity contribution < 1.29 is 14.3 Å². The van der Waals surface area contributed by atoms with E-state index < -0.39 is 0 Å². The van der Waals surface area contributed by atoms with Crippen LogP contribution in [0, 0.1) is 5.41 Å². The molecular weight excluding hydrogens is 468 g/mol. The van der Waals surface area contributed by atoms with Gasteiger partial charge >= 0.3 is 0 Å². The summed E-state index contributed by atoms with van der Waals surface area (Å²) in [6.07, 6.45) is 5.68. The number of aliphatic hydroxyl groups is 1. The molecule has 1 saturated heterocycles. The molecule has 9 heteroatoms. The summed E-state index contributed by atoms with van der Waals surface area (Å²) in [6, 6.07) is 16.1. The number of aliphatic hydroxyl groups excluding tert-OH is 1. The number of anilines is 1. The molecule has 5 heterocycles. The van der Waals surface area contributed by atoms with Gasteiger partial charge in [0.05, 0.1) is 36.4 Å². The Labute approximate surface area is 214 Å². The molecule has 0 bridgehead atoms. The minimum Gasteiger partial charge on any atom is -0.452 e. The summed E-state index contributed by atoms with van der Waals surface area (Å²) in [4.78, 5) is 7.20. The molecule has 1 N–H and O–H groups in total. The highest BCUT2D eigenvalue weighted by Crippen LogP contribution is 2.35. The number of ether oxygens (including phenoxy) is 1. The molecule has 5 aromatic rings. The van der Waals surface area contributed by atoms with Crippen molar-refractivity contribution in [1.82, 2.24) is 24.5 Å². The summed E-state index contributed by atoms with van der Waals surface area (Å²) in [5.41, 5.74) is 5.02. The maximum absolute atomic E-state index is 9.63. The molecule has 1 aliphatic rings. The molecule has 37 heavy (non-hydrogen) atoms. The Hall–Kier alpha value is -3.95. The minimum absolute atomic E-state index is 0.0852. The molecule has 0 atom stereocenters. The van der Waals surface area contributed by atoms with Crippen LogP contribution in [0.4, 0.5) is 5.69 Å². The Bertz CT molecular complexity index is 1510. The third-order valence-corrected chi connectivity index (χ3v) is 6.63. The summed E-state index contributed by atoms with van der Waals surface area (Å²) in [5.74, 6) is 1.43. The number of hydrogen-bond acceptors (Lipinski definition) is 7. The van der Waals surface area contributed by atoms with Gasteiger partial charge < -0.3 is 19.2 Å². The van der Waals surface area contributed by atoms with E-state index in [0.29, 0.717) is 25.5 Å². The van der Waals surface area contributed by atoms with E-state index in [1.165, 1.54) is 0 Å². The summed E-state index contributed by atoms with van der Waals surface area (Å²) in [5, 5.41) is 18.9. The van der Waals surface area contributed by atoms with Crippen LogP contribution in [0.25, 0.3) is 39.5 Å². The van der Waals surface area contributed by atoms with Crippen LogP contribution in [0.2, 0.25) is 0 Å². The van der Waals surface area contributed by atoms with Crippen LogP contribution in [0.5, 0.6) is 0 Å². The molecule has 1 fully saturated rings. The predicted octanol–water partition coefficient (Wildman–Crippen LogP) is 4.40. The van der Waals surface area contributed by atoms with E-state index in [4.69, 9.17) is 19.2 Å². The molecule has 0 saturated carbocycles. The monoisotopic (exact) mass is 498 g/mol. The predicted molar refractivity (Wildman–Crippen MR) is 142 cm³/mol. The van der Waals surface area contributed by atoms with E-state index >= 15 is 0 Å². The number of fused-ring (bicyclic) bond motifs is 1. The summed E-state index contributed by atoms with van der Waals surface area (Å²) >= 11 is 0.